The molecule has 1 heterocycles. The van der Waals surface area contributed by atoms with Crippen LogP contribution in [0.4, 0.5) is 13.2 Å². The van der Waals surface area contributed by atoms with Crippen LogP contribution in [-0.2, 0) is 15.2 Å². The zero-order valence-corrected chi connectivity index (χ0v) is 19.4. The third kappa shape index (κ3) is 4.74. The Kier molecular flexibility index (Phi) is 7.12. The van der Waals surface area contributed by atoms with Crippen molar-refractivity contribution in [3.63, 3.8) is 0 Å². The minimum atomic E-state index is -4.79. The summed E-state index contributed by atoms with van der Waals surface area (Å²) in [5, 5.41) is 4.02. The molecule has 170 valence electrons. The molecule has 0 radical (unpaired) electrons. The van der Waals surface area contributed by atoms with E-state index in [4.69, 9.17) is 32.8 Å². The smallest absolute Gasteiger partial charge is 0.435 e. The largest absolute Gasteiger partial charge is 0.476 e. The maximum atomic E-state index is 14.1. The van der Waals surface area contributed by atoms with E-state index in [1.807, 2.05) is 0 Å². The van der Waals surface area contributed by atoms with Gasteiger partial charge in [0.15, 0.2) is 0 Å². The van der Waals surface area contributed by atoms with E-state index in [0.29, 0.717) is 16.7 Å². The van der Waals surface area contributed by atoms with Crippen LogP contribution in [0.1, 0.15) is 33.5 Å². The summed E-state index contributed by atoms with van der Waals surface area (Å²) in [6.07, 6.45) is -3.66. The quantitative estimate of drug-likeness (QED) is 0.358. The molecule has 0 fully saturated rings. The minimum Gasteiger partial charge on any atom is -0.476 e. The van der Waals surface area contributed by atoms with Gasteiger partial charge in [-0.15, -0.1) is 0 Å². The molecule has 0 aliphatic carbocycles. The van der Waals surface area contributed by atoms with Crippen LogP contribution in [-0.4, -0.2) is 36.4 Å². The van der Waals surface area contributed by atoms with E-state index < -0.39 is 24.1 Å². The maximum absolute atomic E-state index is 14.1. The number of nitrogens with zero attached hydrogens (tertiary/aromatic N) is 2. The van der Waals surface area contributed by atoms with Gasteiger partial charge in [0.1, 0.15) is 0 Å². The molecule has 1 aliphatic heterocycles. The Morgan fingerprint density at radius 3 is 2.41 bits per heavy atom. The second-order valence-corrected chi connectivity index (χ2v) is 8.54. The fourth-order valence-electron chi connectivity index (χ4n) is 3.25. The Bertz CT molecular complexity index is 1100. The number of carbonyl (C=O) groups is 1. The molecular weight excluding hydrogens is 488 g/mol. The number of carbonyl (C=O) groups excluding carboxylic acids is 1. The third-order valence-corrected chi connectivity index (χ3v) is 5.89. The number of aryl methyl sites for hydroxylation is 1. The Morgan fingerprint density at radius 1 is 1.22 bits per heavy atom. The first-order valence-corrected chi connectivity index (χ1v) is 11.1. The van der Waals surface area contributed by atoms with Crippen LogP contribution in [0.2, 0.25) is 10.0 Å². The molecule has 0 bridgehead atoms. The summed E-state index contributed by atoms with van der Waals surface area (Å²) in [6.45, 7) is 1.65. The van der Waals surface area contributed by atoms with Crippen LogP contribution in [0.3, 0.4) is 0 Å². The number of benzene rings is 2. The summed E-state index contributed by atoms with van der Waals surface area (Å²) in [5.74, 6) is -0.525. The van der Waals surface area contributed by atoms with E-state index in [2.05, 4.69) is 10.1 Å². The Morgan fingerprint density at radius 2 is 1.88 bits per heavy atom. The number of alkyl halides is 3. The molecule has 11 heteroatoms. The van der Waals surface area contributed by atoms with Gasteiger partial charge >= 0.3 is 6.18 Å². The van der Waals surface area contributed by atoms with Crippen molar-refractivity contribution in [1.29, 1.82) is 0 Å². The SMILES string of the molecule is COC(=NC(=O)c1ccc(C2=NOC(c3cc(Cl)cc(Cl)c3)(C(F)(F)F)C2)cc1C)SC. The maximum Gasteiger partial charge on any atom is 0.435 e. The number of methoxy groups -OCH3 is 1. The van der Waals surface area contributed by atoms with Crippen LogP contribution in [0.25, 0.3) is 0 Å². The monoisotopic (exact) mass is 504 g/mol. The van der Waals surface area contributed by atoms with Gasteiger partial charge in [-0.05, 0) is 54.6 Å². The molecule has 0 aromatic heterocycles. The van der Waals surface area contributed by atoms with Gasteiger partial charge in [0, 0.05) is 27.6 Å². The average molecular weight is 505 g/mol. The highest BCUT2D eigenvalue weighted by Gasteiger charge is 2.62. The molecule has 32 heavy (non-hydrogen) atoms. The molecule has 0 spiro atoms. The normalized spacial score (nSPS) is 18.9. The molecule has 0 saturated carbocycles. The number of rotatable bonds is 3. The van der Waals surface area contributed by atoms with Crippen molar-refractivity contribution in [2.75, 3.05) is 13.4 Å². The second-order valence-electron chi connectivity index (χ2n) is 6.91. The second kappa shape index (κ2) is 9.33. The number of hydrogen-bond acceptors (Lipinski definition) is 5. The van der Waals surface area contributed by atoms with Gasteiger partial charge in [0.2, 0.25) is 0 Å². The predicted octanol–water partition coefficient (Wildman–Crippen LogP) is 6.39. The fourth-order valence-corrected chi connectivity index (χ4v) is 4.11. The van der Waals surface area contributed by atoms with Gasteiger partial charge < -0.3 is 9.57 Å². The van der Waals surface area contributed by atoms with Crippen molar-refractivity contribution in [3.8, 4) is 0 Å². The summed E-state index contributed by atoms with van der Waals surface area (Å²) in [4.78, 5) is 21.3. The van der Waals surface area contributed by atoms with Crippen LogP contribution in [0.15, 0.2) is 46.5 Å². The molecule has 1 unspecified atom stereocenters. The van der Waals surface area contributed by atoms with E-state index in [-0.39, 0.29) is 26.6 Å². The Labute approximate surface area is 196 Å². The van der Waals surface area contributed by atoms with Crippen molar-refractivity contribution in [1.82, 2.24) is 0 Å². The van der Waals surface area contributed by atoms with Crippen LogP contribution >= 0.6 is 35.0 Å². The number of aliphatic imine (C=N–C) groups is 1. The molecule has 0 saturated heterocycles. The zero-order valence-electron chi connectivity index (χ0n) is 17.1. The van der Waals surface area contributed by atoms with E-state index in [1.54, 1.807) is 19.2 Å². The molecule has 1 amide bonds. The lowest BCUT2D eigenvalue weighted by atomic mass is 9.86. The van der Waals surface area contributed by atoms with Crippen molar-refractivity contribution in [2.45, 2.75) is 25.1 Å². The van der Waals surface area contributed by atoms with Gasteiger partial charge in [-0.25, -0.2) is 0 Å². The average Bonchev–Trinajstić information content (AvgIpc) is 3.18. The number of amides is 1. The first-order chi connectivity index (χ1) is 15.0. The topological polar surface area (TPSA) is 60.2 Å². The number of thioether (sulfide) groups is 1. The lowest BCUT2D eigenvalue weighted by Crippen LogP contribution is -2.42. The third-order valence-electron chi connectivity index (χ3n) is 4.85. The Balaban J connectivity index is 1.94. The first-order valence-electron chi connectivity index (χ1n) is 9.11. The van der Waals surface area contributed by atoms with E-state index in [0.717, 1.165) is 12.1 Å². The molecule has 1 atom stereocenters. The van der Waals surface area contributed by atoms with Gasteiger partial charge in [-0.3, -0.25) is 4.79 Å². The minimum absolute atomic E-state index is 0.0492. The van der Waals surface area contributed by atoms with Crippen LogP contribution in [0.5, 0.6) is 0 Å². The highest BCUT2D eigenvalue weighted by Crippen LogP contribution is 2.49. The molecule has 3 rings (SSSR count). The molecule has 1 aliphatic rings. The van der Waals surface area contributed by atoms with Gasteiger partial charge in [-0.2, -0.15) is 18.2 Å². The van der Waals surface area contributed by atoms with Crippen LogP contribution < -0.4 is 0 Å². The van der Waals surface area contributed by atoms with Crippen molar-refractivity contribution in [3.05, 3.63) is 68.7 Å². The summed E-state index contributed by atoms with van der Waals surface area (Å²) < 4.78 is 47.4. The Hall–Kier alpha value is -2.23. The molecule has 0 N–H and O–H groups in total. The van der Waals surface area contributed by atoms with Gasteiger partial charge in [0.25, 0.3) is 16.7 Å². The van der Waals surface area contributed by atoms with E-state index >= 15 is 0 Å². The highest BCUT2D eigenvalue weighted by atomic mass is 35.5. The van der Waals surface area contributed by atoms with E-state index in [1.165, 1.54) is 37.1 Å². The predicted molar refractivity (Wildman–Crippen MR) is 120 cm³/mol. The zero-order chi connectivity index (χ0) is 23.7. The lowest BCUT2D eigenvalue weighted by molar-refractivity contribution is -0.275. The van der Waals surface area contributed by atoms with Gasteiger partial charge in [0.05, 0.1) is 12.8 Å². The first kappa shape index (κ1) is 24.4. The molecular formula is C21H17Cl2F3N2O3S. The molecule has 2 aromatic carbocycles. The lowest BCUT2D eigenvalue weighted by Gasteiger charge is -2.29. The summed E-state index contributed by atoms with van der Waals surface area (Å²) >= 11 is 13.0. The van der Waals surface area contributed by atoms with Gasteiger partial charge in [-0.1, -0.05) is 46.2 Å². The summed E-state index contributed by atoms with van der Waals surface area (Å²) in [6, 6.07) is 8.19. The highest BCUT2D eigenvalue weighted by molar-refractivity contribution is 8.13. The molecule has 5 nitrogen and oxygen atoms in total. The van der Waals surface area contributed by atoms with E-state index in [9.17, 15) is 18.0 Å². The summed E-state index contributed by atoms with van der Waals surface area (Å²) in [5.41, 5.74) is -1.70. The fraction of sp³-hybridized carbons (Fsp3) is 0.286. The number of hydrogen-bond donors (Lipinski definition) is 0. The van der Waals surface area contributed by atoms with Crippen molar-refractivity contribution < 1.29 is 27.5 Å². The number of halogens is 5. The van der Waals surface area contributed by atoms with Crippen LogP contribution in [0, 0.1) is 6.92 Å². The number of oxime groups is 1. The number of ether oxygens (including phenoxy) is 1. The van der Waals surface area contributed by atoms with Crippen molar-refractivity contribution in [2.24, 2.45) is 10.1 Å². The molecule has 2 aromatic rings. The van der Waals surface area contributed by atoms with Crippen molar-refractivity contribution >= 4 is 51.8 Å². The standard InChI is InChI=1S/C21H17Cl2F3N2O3S/c1-11-6-12(4-5-16(11)18(29)27-19(30-2)32-3)17-10-20(31-28-17,21(24,25)26)13-7-14(22)9-15(23)8-13/h4-9H,10H2,1-3H3. The summed E-state index contributed by atoms with van der Waals surface area (Å²) in [7, 11) is 1.40.